The number of aromatic nitrogens is 2. The first kappa shape index (κ1) is 11.9. The molecule has 0 spiro atoms. The van der Waals surface area contributed by atoms with Crippen LogP contribution in [-0.2, 0) is 5.92 Å². The van der Waals surface area contributed by atoms with Gasteiger partial charge < -0.3 is 5.73 Å². The van der Waals surface area contributed by atoms with Crippen molar-refractivity contribution >= 4 is 17.4 Å². The molecule has 3 nitrogen and oxygen atoms in total. The highest BCUT2D eigenvalue weighted by Gasteiger charge is 2.31. The summed E-state index contributed by atoms with van der Waals surface area (Å²) in [5, 5.41) is 6.32. The molecule has 0 amide bonds. The van der Waals surface area contributed by atoms with Gasteiger partial charge in [0, 0.05) is 24.1 Å². The highest BCUT2D eigenvalue weighted by Crippen LogP contribution is 2.39. The van der Waals surface area contributed by atoms with Crippen LogP contribution in [0.15, 0.2) is 24.3 Å². The van der Waals surface area contributed by atoms with Gasteiger partial charge in [-0.05, 0) is 6.07 Å². The first-order valence-electron chi connectivity index (χ1n) is 4.87. The molecule has 2 aromatic rings. The van der Waals surface area contributed by atoms with Crippen molar-refractivity contribution in [2.24, 2.45) is 0 Å². The quantitative estimate of drug-likeness (QED) is 0.866. The summed E-state index contributed by atoms with van der Waals surface area (Å²) in [6.45, 7) is 0.803. The molecule has 1 heterocycles. The predicted octanol–water partition coefficient (Wildman–Crippen LogP) is 3.42. The molecule has 3 N–H and O–H groups in total. The maximum atomic E-state index is 13.5. The summed E-state index contributed by atoms with van der Waals surface area (Å²) in [5.74, 6) is -2.79. The molecule has 0 aliphatic carbocycles. The zero-order valence-electron chi connectivity index (χ0n) is 8.97. The average molecular weight is 258 g/mol. The van der Waals surface area contributed by atoms with Gasteiger partial charge in [-0.1, -0.05) is 23.7 Å². The van der Waals surface area contributed by atoms with Crippen LogP contribution < -0.4 is 5.73 Å². The van der Waals surface area contributed by atoms with Gasteiger partial charge in [0.2, 0.25) is 0 Å². The van der Waals surface area contributed by atoms with Crippen LogP contribution >= 0.6 is 11.6 Å². The molecule has 0 bridgehead atoms. The lowest BCUT2D eigenvalue weighted by Gasteiger charge is -2.16. The van der Waals surface area contributed by atoms with E-state index in [1.54, 1.807) is 12.1 Å². The number of hydrogen-bond donors (Lipinski definition) is 2. The zero-order chi connectivity index (χ0) is 12.6. The van der Waals surface area contributed by atoms with E-state index in [0.29, 0.717) is 11.3 Å². The smallest absolute Gasteiger partial charge is 0.272 e. The van der Waals surface area contributed by atoms with E-state index in [1.807, 2.05) is 0 Å². The van der Waals surface area contributed by atoms with E-state index >= 15 is 0 Å². The van der Waals surface area contributed by atoms with Crippen molar-refractivity contribution in [3.05, 3.63) is 34.9 Å². The maximum absolute atomic E-state index is 13.5. The largest absolute Gasteiger partial charge is 0.382 e. The lowest BCUT2D eigenvalue weighted by Crippen LogP contribution is -2.10. The Morgan fingerprint density at radius 3 is 2.65 bits per heavy atom. The Balaban J connectivity index is 2.66. The van der Waals surface area contributed by atoms with Crippen molar-refractivity contribution in [2.75, 3.05) is 5.73 Å². The maximum Gasteiger partial charge on any atom is 0.272 e. The number of alkyl halides is 2. The van der Waals surface area contributed by atoms with Gasteiger partial charge in [0.1, 0.15) is 5.82 Å². The van der Waals surface area contributed by atoms with Gasteiger partial charge in [0.25, 0.3) is 5.92 Å². The monoisotopic (exact) mass is 257 g/mol. The van der Waals surface area contributed by atoms with Crippen LogP contribution in [0.5, 0.6) is 0 Å². The lowest BCUT2D eigenvalue weighted by molar-refractivity contribution is 0.0182. The van der Waals surface area contributed by atoms with E-state index < -0.39 is 5.92 Å². The Morgan fingerprint density at radius 1 is 1.41 bits per heavy atom. The molecule has 0 saturated heterocycles. The fraction of sp³-hybridized carbons (Fsp3) is 0.182. The number of benzene rings is 1. The summed E-state index contributed by atoms with van der Waals surface area (Å²) in [6.07, 6.45) is 0. The standard InChI is InChI=1S/C11H10ClF2N3/c1-11(13,14)10-6(3-2-4-7(10)12)8-5-9(15)17-16-8/h2-5H,1H3,(H3,15,16,17). The van der Waals surface area contributed by atoms with Gasteiger partial charge in [0.05, 0.1) is 10.7 Å². The van der Waals surface area contributed by atoms with Crippen molar-refractivity contribution in [3.8, 4) is 11.3 Å². The molecule has 17 heavy (non-hydrogen) atoms. The molecule has 6 heteroatoms. The Morgan fingerprint density at radius 2 is 2.12 bits per heavy atom. The van der Waals surface area contributed by atoms with Crippen molar-refractivity contribution < 1.29 is 8.78 Å². The Hall–Kier alpha value is -1.62. The summed E-state index contributed by atoms with van der Waals surface area (Å²) in [5.41, 5.74) is 5.94. The molecule has 0 aliphatic rings. The number of halogens is 3. The third kappa shape index (κ3) is 2.24. The van der Waals surface area contributed by atoms with Crippen LogP contribution in [0.3, 0.4) is 0 Å². The van der Waals surface area contributed by atoms with Crippen LogP contribution in [0.25, 0.3) is 11.3 Å². The van der Waals surface area contributed by atoms with E-state index in [9.17, 15) is 8.78 Å². The molecule has 0 aliphatic heterocycles. The lowest BCUT2D eigenvalue weighted by atomic mass is 10.00. The molecule has 2 rings (SSSR count). The minimum absolute atomic E-state index is 0.0168. The van der Waals surface area contributed by atoms with Crippen molar-refractivity contribution in [2.45, 2.75) is 12.8 Å². The minimum atomic E-state index is -3.03. The first-order chi connectivity index (χ1) is 7.89. The molecule has 1 aromatic carbocycles. The molecule has 1 aromatic heterocycles. The highest BCUT2D eigenvalue weighted by atomic mass is 35.5. The minimum Gasteiger partial charge on any atom is -0.382 e. The number of H-pyrrole nitrogens is 1. The van der Waals surface area contributed by atoms with E-state index in [4.69, 9.17) is 17.3 Å². The summed E-state index contributed by atoms with van der Waals surface area (Å²) >= 11 is 5.83. The predicted molar refractivity (Wildman–Crippen MR) is 63.0 cm³/mol. The normalized spacial score (nSPS) is 11.8. The summed E-state index contributed by atoms with van der Waals surface area (Å²) in [6, 6.07) is 6.06. The molecule has 0 unspecified atom stereocenters. The van der Waals surface area contributed by atoms with E-state index in [2.05, 4.69) is 10.2 Å². The number of nitrogens with zero attached hydrogens (tertiary/aromatic N) is 1. The molecule has 0 saturated carbocycles. The first-order valence-corrected chi connectivity index (χ1v) is 5.25. The number of nitrogens with one attached hydrogen (secondary N) is 1. The second-order valence-corrected chi connectivity index (χ2v) is 4.16. The highest BCUT2D eigenvalue weighted by molar-refractivity contribution is 6.31. The van der Waals surface area contributed by atoms with Crippen LogP contribution in [-0.4, -0.2) is 10.2 Å². The third-order valence-corrected chi connectivity index (χ3v) is 2.66. The van der Waals surface area contributed by atoms with E-state index in [0.717, 1.165) is 6.92 Å². The molecule has 0 fully saturated rings. The van der Waals surface area contributed by atoms with Crippen LogP contribution in [0, 0.1) is 0 Å². The molecular formula is C11H10ClF2N3. The Bertz CT molecular complexity index is 546. The second kappa shape index (κ2) is 4.00. The number of anilines is 1. The number of rotatable bonds is 2. The number of nitrogen functional groups attached to an aromatic ring is 1. The van der Waals surface area contributed by atoms with Crippen LogP contribution in [0.1, 0.15) is 12.5 Å². The summed E-state index contributed by atoms with van der Waals surface area (Å²) in [4.78, 5) is 0. The van der Waals surface area contributed by atoms with Gasteiger partial charge in [-0.25, -0.2) is 8.78 Å². The number of aromatic amines is 1. The van der Waals surface area contributed by atoms with Gasteiger partial charge >= 0.3 is 0 Å². The Kier molecular flexibility index (Phi) is 2.79. The van der Waals surface area contributed by atoms with E-state index in [1.165, 1.54) is 12.1 Å². The average Bonchev–Trinajstić information content (AvgIpc) is 2.62. The van der Waals surface area contributed by atoms with Crippen LogP contribution in [0.4, 0.5) is 14.6 Å². The van der Waals surface area contributed by atoms with Gasteiger partial charge in [-0.2, -0.15) is 5.10 Å². The number of hydrogen-bond acceptors (Lipinski definition) is 2. The fourth-order valence-corrected chi connectivity index (χ4v) is 2.01. The Labute approximate surface area is 102 Å². The molecule has 0 atom stereocenters. The van der Waals surface area contributed by atoms with Crippen molar-refractivity contribution in [1.82, 2.24) is 10.2 Å². The zero-order valence-corrected chi connectivity index (χ0v) is 9.72. The molecule has 0 radical (unpaired) electrons. The second-order valence-electron chi connectivity index (χ2n) is 3.76. The van der Waals surface area contributed by atoms with Gasteiger partial charge in [-0.15, -0.1) is 0 Å². The van der Waals surface area contributed by atoms with Gasteiger partial charge in [0.15, 0.2) is 0 Å². The number of nitrogens with two attached hydrogens (primary N) is 1. The SMILES string of the molecule is CC(F)(F)c1c(Cl)cccc1-c1cc(N)n[nH]1. The fourth-order valence-electron chi connectivity index (χ4n) is 1.67. The molecular weight excluding hydrogens is 248 g/mol. The van der Waals surface area contributed by atoms with Gasteiger partial charge in [-0.3, -0.25) is 5.10 Å². The van der Waals surface area contributed by atoms with E-state index in [-0.39, 0.29) is 16.4 Å². The van der Waals surface area contributed by atoms with Crippen molar-refractivity contribution in [3.63, 3.8) is 0 Å². The van der Waals surface area contributed by atoms with Crippen LogP contribution in [0.2, 0.25) is 5.02 Å². The summed E-state index contributed by atoms with van der Waals surface area (Å²) in [7, 11) is 0. The van der Waals surface area contributed by atoms with Crippen molar-refractivity contribution in [1.29, 1.82) is 0 Å². The summed E-state index contributed by atoms with van der Waals surface area (Å²) < 4.78 is 27.0. The topological polar surface area (TPSA) is 54.7 Å². The molecule has 90 valence electrons. The third-order valence-electron chi connectivity index (χ3n) is 2.34.